The van der Waals surface area contributed by atoms with E-state index in [1.54, 1.807) is 0 Å². The number of amides is 1. The van der Waals surface area contributed by atoms with Crippen molar-refractivity contribution in [2.45, 2.75) is 19.0 Å². The number of rotatable bonds is 8. The van der Waals surface area contributed by atoms with Gasteiger partial charge in [-0.15, -0.1) is 0 Å². The van der Waals surface area contributed by atoms with Gasteiger partial charge in [0.05, 0.1) is 17.7 Å². The first-order valence-corrected chi connectivity index (χ1v) is 11.5. The third-order valence-electron chi connectivity index (χ3n) is 6.18. The van der Waals surface area contributed by atoms with Gasteiger partial charge in [0.2, 0.25) is 5.91 Å². The molecule has 0 aromatic heterocycles. The maximum Gasteiger partial charge on any atom is 0.222 e. The maximum absolute atomic E-state index is 12.8. The molecule has 3 aromatic carbocycles. The molecule has 1 fully saturated rings. The van der Waals surface area contributed by atoms with Crippen molar-refractivity contribution in [2.24, 2.45) is 0 Å². The predicted octanol–water partition coefficient (Wildman–Crippen LogP) is 3.97. The highest BCUT2D eigenvalue weighted by Crippen LogP contribution is 2.22. The number of nitriles is 1. The summed E-state index contributed by atoms with van der Waals surface area (Å²) in [5.74, 6) is 0.0766. The van der Waals surface area contributed by atoms with Crippen LogP contribution < -0.4 is 5.32 Å². The molecule has 0 atom stereocenters. The van der Waals surface area contributed by atoms with Crippen molar-refractivity contribution in [1.29, 1.82) is 5.26 Å². The van der Waals surface area contributed by atoms with Crippen LogP contribution >= 0.6 is 0 Å². The Labute approximate surface area is 196 Å². The van der Waals surface area contributed by atoms with E-state index in [2.05, 4.69) is 45.5 Å². The highest BCUT2D eigenvalue weighted by Gasteiger charge is 2.20. The van der Waals surface area contributed by atoms with E-state index in [9.17, 15) is 4.79 Å². The third kappa shape index (κ3) is 6.52. The van der Waals surface area contributed by atoms with Crippen molar-refractivity contribution >= 4 is 5.91 Å². The molecule has 33 heavy (non-hydrogen) atoms. The second-order valence-corrected chi connectivity index (χ2v) is 8.50. The summed E-state index contributed by atoms with van der Waals surface area (Å²) in [6.45, 7) is 5.56. The number of nitrogens with zero attached hydrogens (tertiary/aromatic N) is 3. The Morgan fingerprint density at radius 1 is 0.818 bits per heavy atom. The smallest absolute Gasteiger partial charge is 0.222 e. The Hall–Kier alpha value is -3.46. The van der Waals surface area contributed by atoms with Crippen LogP contribution in [0.4, 0.5) is 0 Å². The van der Waals surface area contributed by atoms with Gasteiger partial charge in [0.1, 0.15) is 0 Å². The monoisotopic (exact) mass is 438 g/mol. The lowest BCUT2D eigenvalue weighted by Gasteiger charge is -2.34. The fourth-order valence-corrected chi connectivity index (χ4v) is 4.26. The molecule has 4 rings (SSSR count). The molecule has 1 N–H and O–H groups in total. The fraction of sp³-hybridized carbons (Fsp3) is 0.286. The molecule has 0 saturated carbocycles. The van der Waals surface area contributed by atoms with Crippen LogP contribution in [-0.4, -0.2) is 48.4 Å². The van der Waals surface area contributed by atoms with Crippen molar-refractivity contribution in [2.75, 3.05) is 32.7 Å². The summed E-state index contributed by atoms with van der Waals surface area (Å²) in [6, 6.07) is 30.1. The largest absolute Gasteiger partial charge is 0.345 e. The van der Waals surface area contributed by atoms with E-state index in [0.29, 0.717) is 12.0 Å². The van der Waals surface area contributed by atoms with Crippen LogP contribution in [0.2, 0.25) is 0 Å². The Morgan fingerprint density at radius 3 is 1.91 bits per heavy atom. The molecule has 0 spiro atoms. The minimum Gasteiger partial charge on any atom is -0.345 e. The maximum atomic E-state index is 12.8. The molecule has 168 valence electrons. The molecular weight excluding hydrogens is 408 g/mol. The molecule has 0 unspecified atom stereocenters. The van der Waals surface area contributed by atoms with E-state index in [1.807, 2.05) is 60.7 Å². The molecular formula is C28H30N4O. The van der Waals surface area contributed by atoms with Gasteiger partial charge in [-0.05, 0) is 28.8 Å². The lowest BCUT2D eigenvalue weighted by Crippen LogP contribution is -2.46. The van der Waals surface area contributed by atoms with Crippen LogP contribution in [0.15, 0.2) is 84.9 Å². The topological polar surface area (TPSA) is 59.4 Å². The van der Waals surface area contributed by atoms with Crippen LogP contribution in [0, 0.1) is 11.3 Å². The molecule has 0 bridgehead atoms. The van der Waals surface area contributed by atoms with Gasteiger partial charge < -0.3 is 10.2 Å². The molecule has 1 saturated heterocycles. The van der Waals surface area contributed by atoms with E-state index < -0.39 is 0 Å². The van der Waals surface area contributed by atoms with Crippen LogP contribution in [0.1, 0.15) is 34.7 Å². The Bertz CT molecular complexity index is 1010. The van der Waals surface area contributed by atoms with Gasteiger partial charge in [-0.1, -0.05) is 72.8 Å². The van der Waals surface area contributed by atoms with E-state index in [0.717, 1.165) is 50.4 Å². The molecule has 0 radical (unpaired) electrons. The van der Waals surface area contributed by atoms with Gasteiger partial charge in [0, 0.05) is 45.7 Å². The zero-order valence-electron chi connectivity index (χ0n) is 18.9. The van der Waals surface area contributed by atoms with Crippen molar-refractivity contribution < 1.29 is 4.79 Å². The Kier molecular flexibility index (Phi) is 7.86. The zero-order chi connectivity index (χ0) is 22.9. The molecule has 5 heteroatoms. The first-order chi connectivity index (χ1) is 16.2. The summed E-state index contributed by atoms with van der Waals surface area (Å²) in [5, 5.41) is 12.2. The normalized spacial score (nSPS) is 14.7. The van der Waals surface area contributed by atoms with Gasteiger partial charge in [-0.3, -0.25) is 9.69 Å². The molecule has 1 heterocycles. The van der Waals surface area contributed by atoms with E-state index in [-0.39, 0.29) is 11.9 Å². The predicted molar refractivity (Wildman–Crippen MR) is 130 cm³/mol. The molecule has 1 amide bonds. The third-order valence-corrected chi connectivity index (χ3v) is 6.18. The lowest BCUT2D eigenvalue weighted by molar-refractivity contribution is -0.122. The summed E-state index contributed by atoms with van der Waals surface area (Å²) < 4.78 is 0. The number of carbonyl (C=O) groups excluding carboxylic acids is 1. The average molecular weight is 439 g/mol. The summed E-state index contributed by atoms with van der Waals surface area (Å²) in [4.78, 5) is 17.6. The number of hydrogen-bond acceptors (Lipinski definition) is 4. The molecule has 0 aliphatic carbocycles. The quantitative estimate of drug-likeness (QED) is 0.578. The number of piperazine rings is 1. The number of carbonyl (C=O) groups is 1. The van der Waals surface area contributed by atoms with Crippen LogP contribution in [0.5, 0.6) is 0 Å². The van der Waals surface area contributed by atoms with Gasteiger partial charge >= 0.3 is 0 Å². The van der Waals surface area contributed by atoms with Crippen molar-refractivity contribution in [3.8, 4) is 6.07 Å². The van der Waals surface area contributed by atoms with Crippen LogP contribution in [-0.2, 0) is 11.3 Å². The summed E-state index contributed by atoms with van der Waals surface area (Å²) in [6.07, 6.45) is 0.492. The standard InChI is InChI=1S/C28H30N4O/c29-21-23-11-13-24(14-12-23)22-32-19-17-31(18-20-32)16-15-27(33)30-28(25-7-3-1-4-8-25)26-9-5-2-6-10-26/h1-14,28H,15-20,22H2,(H,30,33). The second kappa shape index (κ2) is 11.4. The van der Waals surface area contributed by atoms with E-state index >= 15 is 0 Å². The first kappa shape index (κ1) is 22.7. The molecule has 1 aliphatic rings. The SMILES string of the molecule is N#Cc1ccc(CN2CCN(CCC(=O)NC(c3ccccc3)c3ccccc3)CC2)cc1. The van der Waals surface area contributed by atoms with E-state index in [1.165, 1.54) is 5.56 Å². The Morgan fingerprint density at radius 2 is 1.36 bits per heavy atom. The van der Waals surface area contributed by atoms with Crippen LogP contribution in [0.25, 0.3) is 0 Å². The summed E-state index contributed by atoms with van der Waals surface area (Å²) in [7, 11) is 0. The number of hydrogen-bond donors (Lipinski definition) is 1. The highest BCUT2D eigenvalue weighted by atomic mass is 16.1. The van der Waals surface area contributed by atoms with Crippen molar-refractivity contribution in [3.63, 3.8) is 0 Å². The molecule has 5 nitrogen and oxygen atoms in total. The lowest BCUT2D eigenvalue weighted by atomic mass is 9.98. The second-order valence-electron chi connectivity index (χ2n) is 8.50. The van der Waals surface area contributed by atoms with E-state index in [4.69, 9.17) is 5.26 Å². The van der Waals surface area contributed by atoms with Gasteiger partial charge in [0.15, 0.2) is 0 Å². The number of benzene rings is 3. The van der Waals surface area contributed by atoms with Gasteiger partial charge in [-0.2, -0.15) is 5.26 Å². The van der Waals surface area contributed by atoms with Crippen molar-refractivity contribution in [3.05, 3.63) is 107 Å². The Balaban J connectivity index is 1.25. The fourth-order valence-electron chi connectivity index (χ4n) is 4.26. The summed E-state index contributed by atoms with van der Waals surface area (Å²) in [5.41, 5.74) is 4.11. The van der Waals surface area contributed by atoms with Crippen LogP contribution in [0.3, 0.4) is 0 Å². The first-order valence-electron chi connectivity index (χ1n) is 11.5. The molecule has 3 aromatic rings. The minimum atomic E-state index is -0.135. The summed E-state index contributed by atoms with van der Waals surface area (Å²) >= 11 is 0. The van der Waals surface area contributed by atoms with Crippen molar-refractivity contribution in [1.82, 2.24) is 15.1 Å². The van der Waals surface area contributed by atoms with Gasteiger partial charge in [0.25, 0.3) is 0 Å². The average Bonchev–Trinajstić information content (AvgIpc) is 2.88. The van der Waals surface area contributed by atoms with Gasteiger partial charge in [-0.25, -0.2) is 0 Å². The highest BCUT2D eigenvalue weighted by molar-refractivity contribution is 5.77. The zero-order valence-corrected chi connectivity index (χ0v) is 18.9. The molecule has 1 aliphatic heterocycles. The number of nitrogens with one attached hydrogen (secondary N) is 1. The minimum absolute atomic E-state index is 0.0766.